The number of hydrogen-bond acceptors (Lipinski definition) is 2. The molecule has 0 aromatic rings. The Bertz CT molecular complexity index is 181. The van der Waals surface area contributed by atoms with Crippen molar-refractivity contribution >= 4 is 12.4 Å². The maximum atomic E-state index is 4.33. The molecule has 0 bridgehead atoms. The van der Waals surface area contributed by atoms with Gasteiger partial charge in [0.25, 0.3) is 0 Å². The third-order valence-corrected chi connectivity index (χ3v) is 1.99. The van der Waals surface area contributed by atoms with Crippen LogP contribution < -0.4 is 0 Å². The Morgan fingerprint density at radius 1 is 0.900 bits per heavy atom. The highest BCUT2D eigenvalue weighted by molar-refractivity contribution is 6.16. The van der Waals surface area contributed by atoms with E-state index in [1.54, 1.807) is 12.4 Å². The van der Waals surface area contributed by atoms with Gasteiger partial charge in [0.2, 0.25) is 0 Å². The van der Waals surface area contributed by atoms with E-state index >= 15 is 0 Å². The van der Waals surface area contributed by atoms with Crippen LogP contribution in [0.15, 0.2) is 22.1 Å². The Morgan fingerprint density at radius 3 is 1.90 bits per heavy atom. The van der Waals surface area contributed by atoms with E-state index in [0.29, 0.717) is 12.1 Å². The zero-order valence-corrected chi connectivity index (χ0v) is 5.77. The molecule has 1 aliphatic heterocycles. The predicted molar refractivity (Wildman–Crippen MR) is 42.9 cm³/mol. The molecule has 0 radical (unpaired) electrons. The van der Waals surface area contributed by atoms with E-state index in [1.165, 1.54) is 0 Å². The van der Waals surface area contributed by atoms with E-state index in [9.17, 15) is 0 Å². The predicted octanol–water partition coefficient (Wildman–Crippen LogP) is 1.23. The van der Waals surface area contributed by atoms with Gasteiger partial charge >= 0.3 is 0 Å². The molecule has 2 unspecified atom stereocenters. The fourth-order valence-electron chi connectivity index (χ4n) is 1.40. The van der Waals surface area contributed by atoms with E-state index in [0.717, 1.165) is 12.8 Å². The first-order chi connectivity index (χ1) is 4.97. The molecule has 2 aliphatic rings. The van der Waals surface area contributed by atoms with Crippen molar-refractivity contribution in [2.45, 2.75) is 24.9 Å². The van der Waals surface area contributed by atoms with E-state index < -0.39 is 0 Å². The molecule has 52 valence electrons. The zero-order valence-electron chi connectivity index (χ0n) is 5.77. The summed E-state index contributed by atoms with van der Waals surface area (Å²) in [6.07, 6.45) is 10.1. The average molecular weight is 134 g/mol. The van der Waals surface area contributed by atoms with Crippen LogP contribution in [0.2, 0.25) is 0 Å². The number of aliphatic imine (C=N–C) groups is 2. The molecule has 0 saturated carbocycles. The van der Waals surface area contributed by atoms with Gasteiger partial charge in [0, 0.05) is 12.4 Å². The molecule has 0 saturated heterocycles. The lowest BCUT2D eigenvalue weighted by atomic mass is 9.96. The molecule has 0 N–H and O–H groups in total. The van der Waals surface area contributed by atoms with Gasteiger partial charge in [-0.05, 0) is 12.8 Å². The third kappa shape index (κ3) is 0.897. The van der Waals surface area contributed by atoms with Gasteiger partial charge in [0.05, 0.1) is 12.1 Å². The number of fused-ring (bicyclic) bond motifs is 1. The molecule has 0 spiro atoms. The topological polar surface area (TPSA) is 24.7 Å². The summed E-state index contributed by atoms with van der Waals surface area (Å²) in [5.41, 5.74) is 0. The molecule has 1 heterocycles. The maximum Gasteiger partial charge on any atom is 0.0760 e. The summed E-state index contributed by atoms with van der Waals surface area (Å²) in [5.74, 6) is 0. The van der Waals surface area contributed by atoms with Crippen LogP contribution in [0.5, 0.6) is 0 Å². The van der Waals surface area contributed by atoms with Crippen LogP contribution in [0, 0.1) is 0 Å². The largest absolute Gasteiger partial charge is 0.286 e. The Kier molecular flexibility index (Phi) is 1.38. The third-order valence-electron chi connectivity index (χ3n) is 1.99. The van der Waals surface area contributed by atoms with Crippen LogP contribution in [0.1, 0.15) is 12.8 Å². The molecule has 1 aliphatic carbocycles. The molecule has 0 amide bonds. The number of rotatable bonds is 0. The van der Waals surface area contributed by atoms with Crippen molar-refractivity contribution in [2.24, 2.45) is 9.98 Å². The molecule has 2 nitrogen and oxygen atoms in total. The highest BCUT2D eigenvalue weighted by Gasteiger charge is 2.20. The van der Waals surface area contributed by atoms with Gasteiger partial charge in [0.1, 0.15) is 0 Å². The summed E-state index contributed by atoms with van der Waals surface area (Å²) in [7, 11) is 0. The van der Waals surface area contributed by atoms with Crippen LogP contribution >= 0.6 is 0 Å². The molecule has 2 heteroatoms. The second kappa shape index (κ2) is 2.37. The minimum Gasteiger partial charge on any atom is -0.286 e. The van der Waals surface area contributed by atoms with Gasteiger partial charge in [-0.3, -0.25) is 9.98 Å². The lowest BCUT2D eigenvalue weighted by Gasteiger charge is -2.23. The standard InChI is InChI=1S/C8H10N2/c1-2-4-8-7(3-1)9-5-6-10-8/h1-2,5-8H,3-4H2. The molecule has 2 rings (SSSR count). The average Bonchev–Trinajstić information content (AvgIpc) is 2.05. The zero-order chi connectivity index (χ0) is 6.81. The van der Waals surface area contributed by atoms with Crippen molar-refractivity contribution in [2.75, 3.05) is 0 Å². The van der Waals surface area contributed by atoms with Crippen LogP contribution in [-0.2, 0) is 0 Å². The minimum atomic E-state index is 0.440. The summed E-state index contributed by atoms with van der Waals surface area (Å²) in [5, 5.41) is 0. The lowest BCUT2D eigenvalue weighted by Crippen LogP contribution is -2.27. The normalized spacial score (nSPS) is 36.0. The first kappa shape index (κ1) is 5.83. The van der Waals surface area contributed by atoms with Crippen LogP contribution in [0.25, 0.3) is 0 Å². The first-order valence-electron chi connectivity index (χ1n) is 3.67. The van der Waals surface area contributed by atoms with Crippen molar-refractivity contribution in [1.29, 1.82) is 0 Å². The SMILES string of the molecule is C1=CCC2N=CC=NC2C1. The van der Waals surface area contributed by atoms with Crippen molar-refractivity contribution in [1.82, 2.24) is 0 Å². The van der Waals surface area contributed by atoms with Gasteiger partial charge in [-0.25, -0.2) is 0 Å². The summed E-state index contributed by atoms with van der Waals surface area (Å²) in [6, 6.07) is 0.880. The van der Waals surface area contributed by atoms with E-state index in [-0.39, 0.29) is 0 Å². The smallest absolute Gasteiger partial charge is 0.0760 e. The molecular formula is C8H10N2. The Morgan fingerprint density at radius 2 is 1.40 bits per heavy atom. The summed E-state index contributed by atoms with van der Waals surface area (Å²) < 4.78 is 0. The monoisotopic (exact) mass is 134 g/mol. The van der Waals surface area contributed by atoms with Gasteiger partial charge in [-0.2, -0.15) is 0 Å². The van der Waals surface area contributed by atoms with Crippen LogP contribution in [0.4, 0.5) is 0 Å². The van der Waals surface area contributed by atoms with Gasteiger partial charge in [-0.1, -0.05) is 12.2 Å². The Balaban J connectivity index is 2.19. The van der Waals surface area contributed by atoms with E-state index in [4.69, 9.17) is 0 Å². The van der Waals surface area contributed by atoms with Crippen LogP contribution in [-0.4, -0.2) is 24.5 Å². The van der Waals surface area contributed by atoms with Gasteiger partial charge < -0.3 is 0 Å². The maximum absolute atomic E-state index is 4.33. The molecule has 10 heavy (non-hydrogen) atoms. The summed E-state index contributed by atoms with van der Waals surface area (Å²) in [4.78, 5) is 8.65. The fraction of sp³-hybridized carbons (Fsp3) is 0.500. The molecule has 0 aromatic carbocycles. The highest BCUT2D eigenvalue weighted by atomic mass is 14.9. The molecular weight excluding hydrogens is 124 g/mol. The van der Waals surface area contributed by atoms with Gasteiger partial charge in [0.15, 0.2) is 0 Å². The Labute approximate surface area is 60.4 Å². The molecule has 0 fully saturated rings. The van der Waals surface area contributed by atoms with Crippen LogP contribution in [0.3, 0.4) is 0 Å². The Hall–Kier alpha value is -0.920. The molecule has 0 aromatic heterocycles. The number of hydrogen-bond donors (Lipinski definition) is 0. The summed E-state index contributed by atoms with van der Waals surface area (Å²) in [6.45, 7) is 0. The molecule has 2 atom stereocenters. The minimum absolute atomic E-state index is 0.440. The van der Waals surface area contributed by atoms with Crippen molar-refractivity contribution < 1.29 is 0 Å². The first-order valence-corrected chi connectivity index (χ1v) is 3.67. The van der Waals surface area contributed by atoms with E-state index in [2.05, 4.69) is 22.1 Å². The summed E-state index contributed by atoms with van der Waals surface area (Å²) >= 11 is 0. The second-order valence-corrected chi connectivity index (χ2v) is 2.67. The van der Waals surface area contributed by atoms with Crippen molar-refractivity contribution in [3.05, 3.63) is 12.2 Å². The quantitative estimate of drug-likeness (QED) is 0.445. The van der Waals surface area contributed by atoms with Gasteiger partial charge in [-0.15, -0.1) is 0 Å². The second-order valence-electron chi connectivity index (χ2n) is 2.67. The van der Waals surface area contributed by atoms with Crippen molar-refractivity contribution in [3.8, 4) is 0 Å². The van der Waals surface area contributed by atoms with Crippen molar-refractivity contribution in [3.63, 3.8) is 0 Å². The fourth-order valence-corrected chi connectivity index (χ4v) is 1.40. The van der Waals surface area contributed by atoms with E-state index in [1.807, 2.05) is 0 Å². The lowest BCUT2D eigenvalue weighted by molar-refractivity contribution is 0.520. The highest BCUT2D eigenvalue weighted by Crippen LogP contribution is 2.19. The number of nitrogens with zero attached hydrogens (tertiary/aromatic N) is 2.